The van der Waals surface area contributed by atoms with Gasteiger partial charge in [0.1, 0.15) is 22.9 Å². The highest BCUT2D eigenvalue weighted by Crippen LogP contribution is 2.28. The summed E-state index contributed by atoms with van der Waals surface area (Å²) in [5.41, 5.74) is 1.50. The SMILES string of the molecule is CC.Cc1cc2cn(C)nc2c(C#N)c1O. The number of hydrogen-bond acceptors (Lipinski definition) is 3. The number of nitrogens with zero attached hydrogens (tertiary/aromatic N) is 3. The minimum absolute atomic E-state index is 0.0266. The first-order valence-electron chi connectivity index (χ1n) is 5.19. The van der Waals surface area contributed by atoms with Crippen LogP contribution in [-0.2, 0) is 7.05 Å². The summed E-state index contributed by atoms with van der Waals surface area (Å²) in [7, 11) is 1.79. The Bertz CT molecular complexity index is 549. The summed E-state index contributed by atoms with van der Waals surface area (Å²) in [6.45, 7) is 5.77. The second-order valence-corrected chi connectivity index (χ2v) is 3.27. The Hall–Kier alpha value is -2.02. The molecule has 1 aromatic carbocycles. The van der Waals surface area contributed by atoms with Crippen LogP contribution >= 0.6 is 0 Å². The quantitative estimate of drug-likeness (QED) is 0.737. The Morgan fingerprint density at radius 1 is 1.44 bits per heavy atom. The zero-order chi connectivity index (χ0) is 12.3. The van der Waals surface area contributed by atoms with Gasteiger partial charge in [0.2, 0.25) is 0 Å². The Balaban J connectivity index is 0.000000606. The third-order valence-electron chi connectivity index (χ3n) is 2.19. The summed E-state index contributed by atoms with van der Waals surface area (Å²) in [5.74, 6) is 0.0266. The van der Waals surface area contributed by atoms with Crippen LogP contribution in [-0.4, -0.2) is 14.9 Å². The number of hydrogen-bond donors (Lipinski definition) is 1. The summed E-state index contributed by atoms with van der Waals surface area (Å²) >= 11 is 0. The Labute approximate surface area is 94.7 Å². The van der Waals surface area contributed by atoms with Gasteiger partial charge in [-0.2, -0.15) is 10.4 Å². The molecule has 0 aliphatic rings. The molecule has 0 fully saturated rings. The van der Waals surface area contributed by atoms with E-state index in [1.54, 1.807) is 18.7 Å². The van der Waals surface area contributed by atoms with Gasteiger partial charge in [0, 0.05) is 18.6 Å². The lowest BCUT2D eigenvalue weighted by atomic mass is 10.1. The minimum atomic E-state index is 0.0266. The molecule has 1 aromatic heterocycles. The molecule has 0 unspecified atom stereocenters. The summed E-state index contributed by atoms with van der Waals surface area (Å²) < 4.78 is 1.63. The van der Waals surface area contributed by atoms with Crippen LogP contribution in [0.4, 0.5) is 0 Å². The van der Waals surface area contributed by atoms with Crippen LogP contribution in [0.2, 0.25) is 0 Å². The van der Waals surface area contributed by atoms with Crippen molar-refractivity contribution in [3.63, 3.8) is 0 Å². The lowest BCUT2D eigenvalue weighted by molar-refractivity contribution is 0.470. The van der Waals surface area contributed by atoms with E-state index < -0.39 is 0 Å². The van der Waals surface area contributed by atoms with Crippen molar-refractivity contribution in [3.05, 3.63) is 23.4 Å². The number of aromatic hydroxyl groups is 1. The van der Waals surface area contributed by atoms with Crippen molar-refractivity contribution in [1.29, 1.82) is 5.26 Å². The highest BCUT2D eigenvalue weighted by Gasteiger charge is 2.12. The van der Waals surface area contributed by atoms with E-state index in [9.17, 15) is 5.11 Å². The first kappa shape index (κ1) is 12.1. The predicted octanol–water partition coefficient (Wildman–Crippen LogP) is 2.49. The van der Waals surface area contributed by atoms with Crippen molar-refractivity contribution < 1.29 is 5.11 Å². The number of nitriles is 1. The number of phenolic OH excluding ortho intramolecular Hbond substituents is 1. The van der Waals surface area contributed by atoms with Crippen molar-refractivity contribution in [2.24, 2.45) is 7.05 Å². The fraction of sp³-hybridized carbons (Fsp3) is 0.333. The van der Waals surface area contributed by atoms with Gasteiger partial charge in [0.05, 0.1) is 0 Å². The highest BCUT2D eigenvalue weighted by atomic mass is 16.3. The van der Waals surface area contributed by atoms with Gasteiger partial charge in [-0.1, -0.05) is 13.8 Å². The van der Waals surface area contributed by atoms with Crippen molar-refractivity contribution in [2.75, 3.05) is 0 Å². The number of benzene rings is 1. The van der Waals surface area contributed by atoms with Gasteiger partial charge in [-0.3, -0.25) is 4.68 Å². The zero-order valence-electron chi connectivity index (χ0n) is 9.94. The first-order valence-corrected chi connectivity index (χ1v) is 5.19. The first-order chi connectivity index (χ1) is 7.63. The highest BCUT2D eigenvalue weighted by molar-refractivity contribution is 5.87. The smallest absolute Gasteiger partial charge is 0.138 e. The van der Waals surface area contributed by atoms with Crippen molar-refractivity contribution in [3.8, 4) is 11.8 Å². The van der Waals surface area contributed by atoms with E-state index >= 15 is 0 Å². The Kier molecular flexibility index (Phi) is 3.51. The molecular weight excluding hydrogens is 202 g/mol. The molecule has 0 radical (unpaired) electrons. The van der Waals surface area contributed by atoms with Gasteiger partial charge in [-0.25, -0.2) is 0 Å². The van der Waals surface area contributed by atoms with Crippen molar-refractivity contribution >= 4 is 10.9 Å². The largest absolute Gasteiger partial charge is 0.506 e. The standard InChI is InChI=1S/C10H9N3O.C2H6/c1-6-3-7-5-13(2)12-9(7)8(4-11)10(6)14;1-2/h3,5,14H,1-2H3;1-2H3. The van der Waals surface area contributed by atoms with Crippen LogP contribution in [0.5, 0.6) is 5.75 Å². The monoisotopic (exact) mass is 217 g/mol. The molecule has 0 amide bonds. The summed E-state index contributed by atoms with van der Waals surface area (Å²) in [6, 6.07) is 3.78. The van der Waals surface area contributed by atoms with E-state index in [1.807, 2.05) is 32.2 Å². The molecule has 0 bridgehead atoms. The number of phenols is 1. The van der Waals surface area contributed by atoms with Gasteiger partial charge in [0.15, 0.2) is 0 Å². The predicted molar refractivity (Wildman–Crippen MR) is 63.2 cm³/mol. The fourth-order valence-electron chi connectivity index (χ4n) is 1.52. The normalized spacial score (nSPS) is 9.44. The molecule has 0 atom stereocenters. The maximum absolute atomic E-state index is 9.63. The van der Waals surface area contributed by atoms with Gasteiger partial charge in [-0.05, 0) is 18.6 Å². The minimum Gasteiger partial charge on any atom is -0.506 e. The molecule has 0 aliphatic carbocycles. The van der Waals surface area contributed by atoms with E-state index in [-0.39, 0.29) is 11.3 Å². The zero-order valence-corrected chi connectivity index (χ0v) is 9.94. The van der Waals surface area contributed by atoms with E-state index in [1.165, 1.54) is 0 Å². The molecular formula is C12H15N3O. The molecule has 0 spiro atoms. The van der Waals surface area contributed by atoms with E-state index in [2.05, 4.69) is 5.10 Å². The molecule has 84 valence electrons. The van der Waals surface area contributed by atoms with E-state index in [4.69, 9.17) is 5.26 Å². The van der Waals surface area contributed by atoms with Crippen LogP contribution in [0, 0.1) is 18.3 Å². The Morgan fingerprint density at radius 3 is 2.62 bits per heavy atom. The molecule has 0 saturated heterocycles. The summed E-state index contributed by atoms with van der Waals surface area (Å²) in [6.07, 6.45) is 1.82. The lowest BCUT2D eigenvalue weighted by Crippen LogP contribution is -1.87. The molecule has 0 aliphatic heterocycles. The lowest BCUT2D eigenvalue weighted by Gasteiger charge is -2.00. The van der Waals surface area contributed by atoms with E-state index in [0.717, 1.165) is 5.39 Å². The maximum Gasteiger partial charge on any atom is 0.138 e. The van der Waals surface area contributed by atoms with E-state index in [0.29, 0.717) is 11.1 Å². The molecule has 4 heteroatoms. The molecule has 2 rings (SSSR count). The van der Waals surface area contributed by atoms with Crippen molar-refractivity contribution in [2.45, 2.75) is 20.8 Å². The molecule has 1 N–H and O–H groups in total. The maximum atomic E-state index is 9.63. The third kappa shape index (κ3) is 1.84. The second-order valence-electron chi connectivity index (χ2n) is 3.27. The topological polar surface area (TPSA) is 61.8 Å². The fourth-order valence-corrected chi connectivity index (χ4v) is 1.52. The van der Waals surface area contributed by atoms with Crippen LogP contribution in [0.15, 0.2) is 12.3 Å². The number of aryl methyl sites for hydroxylation is 2. The molecule has 2 aromatic rings. The van der Waals surface area contributed by atoms with Crippen LogP contribution in [0.3, 0.4) is 0 Å². The molecule has 0 saturated carbocycles. The summed E-state index contributed by atoms with van der Waals surface area (Å²) in [5, 5.41) is 23.5. The second kappa shape index (κ2) is 4.67. The average Bonchev–Trinajstić information content (AvgIpc) is 2.63. The van der Waals surface area contributed by atoms with Gasteiger partial charge >= 0.3 is 0 Å². The number of aromatic nitrogens is 2. The van der Waals surface area contributed by atoms with Crippen LogP contribution < -0.4 is 0 Å². The summed E-state index contributed by atoms with van der Waals surface area (Å²) in [4.78, 5) is 0. The number of rotatable bonds is 0. The van der Waals surface area contributed by atoms with Crippen molar-refractivity contribution in [1.82, 2.24) is 9.78 Å². The van der Waals surface area contributed by atoms with Gasteiger partial charge in [0.25, 0.3) is 0 Å². The molecule has 1 heterocycles. The van der Waals surface area contributed by atoms with Gasteiger partial charge < -0.3 is 5.11 Å². The van der Waals surface area contributed by atoms with Crippen LogP contribution in [0.1, 0.15) is 25.0 Å². The molecule has 16 heavy (non-hydrogen) atoms. The average molecular weight is 217 g/mol. The Morgan fingerprint density at radius 2 is 2.06 bits per heavy atom. The van der Waals surface area contributed by atoms with Gasteiger partial charge in [-0.15, -0.1) is 0 Å². The number of fused-ring (bicyclic) bond motifs is 1. The third-order valence-corrected chi connectivity index (χ3v) is 2.19. The molecule has 4 nitrogen and oxygen atoms in total. The van der Waals surface area contributed by atoms with Crippen LogP contribution in [0.25, 0.3) is 10.9 Å².